The number of benzene rings is 2. The van der Waals surface area contributed by atoms with Gasteiger partial charge in [0.15, 0.2) is 0 Å². The maximum absolute atomic E-state index is 11.9. The van der Waals surface area contributed by atoms with Crippen molar-refractivity contribution in [3.05, 3.63) is 53.6 Å². The average molecular weight is 300 g/mol. The van der Waals surface area contributed by atoms with E-state index in [1.807, 2.05) is 12.1 Å². The number of nitrogen functional groups attached to an aromatic ring is 1. The predicted molar refractivity (Wildman–Crippen MR) is 90.7 cm³/mol. The normalized spacial score (nSPS) is 10.4. The summed E-state index contributed by atoms with van der Waals surface area (Å²) in [5, 5.41) is 2.87. The lowest BCUT2D eigenvalue weighted by Crippen LogP contribution is -2.12. The minimum Gasteiger partial charge on any atom is -0.399 e. The highest BCUT2D eigenvalue weighted by Crippen LogP contribution is 2.22. The molecule has 0 heterocycles. The van der Waals surface area contributed by atoms with Crippen LogP contribution in [0.2, 0.25) is 0 Å². The van der Waals surface area contributed by atoms with E-state index in [0.29, 0.717) is 12.1 Å². The molecule has 0 bridgehead atoms. The van der Waals surface area contributed by atoms with Crippen molar-refractivity contribution in [3.63, 3.8) is 0 Å². The van der Waals surface area contributed by atoms with Crippen molar-refractivity contribution in [2.75, 3.05) is 16.8 Å². The number of hydrogen-bond donors (Lipinski definition) is 2. The van der Waals surface area contributed by atoms with Gasteiger partial charge >= 0.3 is 0 Å². The summed E-state index contributed by atoms with van der Waals surface area (Å²) in [5.74, 6) is 0.791. The summed E-state index contributed by atoms with van der Waals surface area (Å²) >= 11 is 1.70. The second-order valence-corrected chi connectivity index (χ2v) is 6.18. The van der Waals surface area contributed by atoms with Crippen LogP contribution in [0.5, 0.6) is 0 Å². The zero-order valence-corrected chi connectivity index (χ0v) is 13.2. The van der Waals surface area contributed by atoms with Crippen LogP contribution < -0.4 is 11.1 Å². The molecule has 0 spiro atoms. The highest BCUT2D eigenvalue weighted by molar-refractivity contribution is 7.99. The van der Waals surface area contributed by atoms with Gasteiger partial charge in [-0.25, -0.2) is 0 Å². The van der Waals surface area contributed by atoms with Crippen molar-refractivity contribution in [2.24, 2.45) is 0 Å². The zero-order valence-electron chi connectivity index (χ0n) is 12.3. The first-order chi connectivity index (χ1) is 10.0. The van der Waals surface area contributed by atoms with E-state index in [-0.39, 0.29) is 5.91 Å². The van der Waals surface area contributed by atoms with E-state index in [9.17, 15) is 4.79 Å². The molecule has 4 heteroatoms. The lowest BCUT2D eigenvalue weighted by molar-refractivity contribution is -0.115. The third-order valence-corrected chi connectivity index (χ3v) is 4.27. The van der Waals surface area contributed by atoms with Gasteiger partial charge in [0.1, 0.15) is 0 Å². The Bertz CT molecular complexity index is 623. The smallest absolute Gasteiger partial charge is 0.225 e. The minimum atomic E-state index is 0.0242. The molecule has 0 aliphatic carbocycles. The molecule has 1 amide bonds. The van der Waals surface area contributed by atoms with Crippen molar-refractivity contribution in [3.8, 4) is 0 Å². The molecule has 21 heavy (non-hydrogen) atoms. The van der Waals surface area contributed by atoms with E-state index in [1.165, 1.54) is 16.0 Å². The molecule has 2 aromatic rings. The minimum absolute atomic E-state index is 0.0242. The fourth-order valence-electron chi connectivity index (χ4n) is 1.86. The molecule has 0 aliphatic rings. The molecule has 0 unspecified atom stereocenters. The highest BCUT2D eigenvalue weighted by atomic mass is 32.2. The number of carbonyl (C=O) groups is 1. The van der Waals surface area contributed by atoms with Crippen LogP contribution in [0.3, 0.4) is 0 Å². The second-order valence-electron chi connectivity index (χ2n) is 5.01. The molecule has 0 aromatic heterocycles. The number of amides is 1. The lowest BCUT2D eigenvalue weighted by Gasteiger charge is -2.07. The molecule has 0 aliphatic heterocycles. The fraction of sp³-hybridized carbons (Fsp3) is 0.235. The Kier molecular flexibility index (Phi) is 5.28. The van der Waals surface area contributed by atoms with E-state index in [4.69, 9.17) is 5.73 Å². The van der Waals surface area contributed by atoms with Crippen LogP contribution >= 0.6 is 11.8 Å². The van der Waals surface area contributed by atoms with Crippen LogP contribution in [0.15, 0.2) is 47.4 Å². The average Bonchev–Trinajstić information content (AvgIpc) is 2.45. The molecule has 0 saturated heterocycles. The zero-order chi connectivity index (χ0) is 15.2. The van der Waals surface area contributed by atoms with Gasteiger partial charge in [0, 0.05) is 28.4 Å². The van der Waals surface area contributed by atoms with Crippen molar-refractivity contribution in [2.45, 2.75) is 25.2 Å². The number of carbonyl (C=O) groups excluding carboxylic acids is 1. The predicted octanol–water partition coefficient (Wildman–Crippen LogP) is 4.01. The Balaban J connectivity index is 1.78. The van der Waals surface area contributed by atoms with Crippen LogP contribution in [0, 0.1) is 13.8 Å². The number of rotatable bonds is 5. The summed E-state index contributed by atoms with van der Waals surface area (Å²) in [6.07, 6.45) is 0.488. The van der Waals surface area contributed by atoms with Crippen LogP contribution in [0.4, 0.5) is 11.4 Å². The van der Waals surface area contributed by atoms with Crippen LogP contribution in [0.25, 0.3) is 0 Å². The molecule has 2 rings (SSSR count). The standard InChI is InChI=1S/C17H20N2OS/c1-12-3-8-16(11-13(12)2)21-10-9-17(20)19-15-6-4-14(18)5-7-15/h3-8,11H,9-10,18H2,1-2H3,(H,19,20). The molecule has 2 aromatic carbocycles. The van der Waals surface area contributed by atoms with Crippen molar-refractivity contribution < 1.29 is 4.79 Å². The molecule has 0 radical (unpaired) electrons. The summed E-state index contributed by atoms with van der Waals surface area (Å²) in [6.45, 7) is 4.21. The van der Waals surface area contributed by atoms with E-state index >= 15 is 0 Å². The first-order valence-electron chi connectivity index (χ1n) is 6.90. The van der Waals surface area contributed by atoms with Gasteiger partial charge in [0.25, 0.3) is 0 Å². The molecule has 0 saturated carbocycles. The Hall–Kier alpha value is -1.94. The van der Waals surface area contributed by atoms with Gasteiger partial charge in [0.05, 0.1) is 0 Å². The Labute approximate surface area is 129 Å². The molecule has 0 fully saturated rings. The topological polar surface area (TPSA) is 55.1 Å². The van der Waals surface area contributed by atoms with Gasteiger partial charge < -0.3 is 11.1 Å². The summed E-state index contributed by atoms with van der Waals surface area (Å²) in [7, 11) is 0. The van der Waals surface area contributed by atoms with Gasteiger partial charge in [0.2, 0.25) is 5.91 Å². The summed E-state index contributed by atoms with van der Waals surface area (Å²) in [4.78, 5) is 13.1. The van der Waals surface area contributed by atoms with Crippen LogP contribution in [0.1, 0.15) is 17.5 Å². The van der Waals surface area contributed by atoms with E-state index in [1.54, 1.807) is 23.9 Å². The molecule has 3 N–H and O–H groups in total. The SMILES string of the molecule is Cc1ccc(SCCC(=O)Nc2ccc(N)cc2)cc1C. The van der Waals surface area contributed by atoms with Crippen molar-refractivity contribution in [1.82, 2.24) is 0 Å². The van der Waals surface area contributed by atoms with Crippen LogP contribution in [-0.2, 0) is 4.79 Å². The highest BCUT2D eigenvalue weighted by Gasteiger charge is 2.03. The second kappa shape index (κ2) is 7.18. The Morgan fingerprint density at radius 3 is 2.48 bits per heavy atom. The van der Waals surface area contributed by atoms with Gasteiger partial charge in [-0.3, -0.25) is 4.79 Å². The Morgan fingerprint density at radius 2 is 1.81 bits per heavy atom. The first kappa shape index (κ1) is 15.4. The fourth-order valence-corrected chi connectivity index (χ4v) is 2.80. The number of nitrogens with one attached hydrogen (secondary N) is 1. The number of hydrogen-bond acceptors (Lipinski definition) is 3. The quantitative estimate of drug-likeness (QED) is 0.648. The lowest BCUT2D eigenvalue weighted by atomic mass is 10.1. The largest absolute Gasteiger partial charge is 0.399 e. The monoisotopic (exact) mass is 300 g/mol. The number of nitrogens with two attached hydrogens (primary N) is 1. The molecular weight excluding hydrogens is 280 g/mol. The third kappa shape index (κ3) is 4.83. The molecular formula is C17H20N2OS. The van der Waals surface area contributed by atoms with Gasteiger partial charge in [-0.15, -0.1) is 11.8 Å². The summed E-state index contributed by atoms with van der Waals surface area (Å²) < 4.78 is 0. The first-order valence-corrected chi connectivity index (χ1v) is 7.88. The van der Waals surface area contributed by atoms with E-state index in [2.05, 4.69) is 37.4 Å². The maximum Gasteiger partial charge on any atom is 0.225 e. The van der Waals surface area contributed by atoms with Gasteiger partial charge in [-0.05, 0) is 61.4 Å². The Morgan fingerprint density at radius 1 is 1.10 bits per heavy atom. The molecule has 3 nitrogen and oxygen atoms in total. The molecule has 110 valence electrons. The van der Waals surface area contributed by atoms with Crippen LogP contribution in [-0.4, -0.2) is 11.7 Å². The van der Waals surface area contributed by atoms with Gasteiger partial charge in [-0.2, -0.15) is 0 Å². The number of thioether (sulfide) groups is 1. The summed E-state index contributed by atoms with van der Waals surface area (Å²) in [5.41, 5.74) is 9.66. The maximum atomic E-state index is 11.9. The van der Waals surface area contributed by atoms with Crippen molar-refractivity contribution in [1.29, 1.82) is 0 Å². The molecule has 0 atom stereocenters. The van der Waals surface area contributed by atoms with Crippen molar-refractivity contribution >= 4 is 29.0 Å². The third-order valence-electron chi connectivity index (χ3n) is 3.27. The summed E-state index contributed by atoms with van der Waals surface area (Å²) in [6, 6.07) is 13.6. The number of anilines is 2. The van der Waals surface area contributed by atoms with E-state index < -0.39 is 0 Å². The van der Waals surface area contributed by atoms with E-state index in [0.717, 1.165) is 11.4 Å². The van der Waals surface area contributed by atoms with Gasteiger partial charge in [-0.1, -0.05) is 6.07 Å². The number of aryl methyl sites for hydroxylation is 2.